The molecule has 3 aromatic rings. The van der Waals surface area contributed by atoms with E-state index in [1.54, 1.807) is 0 Å². The lowest BCUT2D eigenvalue weighted by molar-refractivity contribution is 0.658. The van der Waals surface area contributed by atoms with Crippen LogP contribution in [0.3, 0.4) is 0 Å². The van der Waals surface area contributed by atoms with Gasteiger partial charge in [0.15, 0.2) is 5.82 Å². The number of rotatable bonds is 4. The fourth-order valence-electron chi connectivity index (χ4n) is 4.01. The molecule has 0 radical (unpaired) electrons. The van der Waals surface area contributed by atoms with E-state index in [0.29, 0.717) is 17.9 Å². The van der Waals surface area contributed by atoms with Gasteiger partial charge in [0.25, 0.3) is 0 Å². The first kappa shape index (κ1) is 14.0. The quantitative estimate of drug-likeness (QED) is 0.796. The van der Waals surface area contributed by atoms with Gasteiger partial charge in [0.1, 0.15) is 5.82 Å². The van der Waals surface area contributed by atoms with E-state index >= 15 is 0 Å². The highest BCUT2D eigenvalue weighted by Crippen LogP contribution is 2.43. The molecule has 2 aliphatic rings. The zero-order valence-corrected chi connectivity index (χ0v) is 13.6. The fraction of sp³-hybridized carbons (Fsp3) is 0.421. The lowest BCUT2D eigenvalue weighted by atomic mass is 10.1. The Labute approximate surface area is 141 Å². The summed E-state index contributed by atoms with van der Waals surface area (Å²) >= 11 is 0. The third-order valence-corrected chi connectivity index (χ3v) is 5.41. The molecular formula is C19H21N5. The van der Waals surface area contributed by atoms with Crippen LogP contribution >= 0.6 is 0 Å². The molecule has 0 saturated heterocycles. The van der Waals surface area contributed by atoms with Gasteiger partial charge >= 0.3 is 0 Å². The number of hydrogen-bond acceptors (Lipinski definition) is 4. The van der Waals surface area contributed by atoms with Crippen LogP contribution in [0, 0.1) is 0 Å². The van der Waals surface area contributed by atoms with E-state index in [4.69, 9.17) is 0 Å². The van der Waals surface area contributed by atoms with Gasteiger partial charge in [0, 0.05) is 30.3 Å². The molecule has 2 aromatic heterocycles. The molecule has 0 aliphatic heterocycles. The second-order valence-electron chi connectivity index (χ2n) is 7.01. The van der Waals surface area contributed by atoms with Crippen molar-refractivity contribution in [2.24, 2.45) is 0 Å². The fourth-order valence-corrected chi connectivity index (χ4v) is 4.01. The lowest BCUT2D eigenvalue weighted by Gasteiger charge is -2.09. The maximum Gasteiger partial charge on any atom is 0.203 e. The van der Waals surface area contributed by atoms with Crippen molar-refractivity contribution in [1.29, 1.82) is 0 Å². The number of nitrogens with zero attached hydrogens (tertiary/aromatic N) is 4. The monoisotopic (exact) mass is 319 g/mol. The second-order valence-corrected chi connectivity index (χ2v) is 7.01. The van der Waals surface area contributed by atoms with E-state index < -0.39 is 0 Å². The normalized spacial score (nSPS) is 23.7. The molecule has 0 spiro atoms. The zero-order chi connectivity index (χ0) is 15.9. The van der Waals surface area contributed by atoms with Gasteiger partial charge in [0.05, 0.1) is 0 Å². The van der Waals surface area contributed by atoms with Crippen LogP contribution in [-0.2, 0) is 0 Å². The minimum atomic E-state index is 0.442. The van der Waals surface area contributed by atoms with Crippen LogP contribution in [0.15, 0.2) is 42.7 Å². The first-order valence-corrected chi connectivity index (χ1v) is 8.91. The Morgan fingerprint density at radius 2 is 1.88 bits per heavy atom. The van der Waals surface area contributed by atoms with Gasteiger partial charge < -0.3 is 5.32 Å². The SMILES string of the molecule is c1ccc([C@H]2C[C@@H]2Nc2nccn3c(C4CCCC4)nnc23)cc1. The highest BCUT2D eigenvalue weighted by Gasteiger charge is 2.39. The van der Waals surface area contributed by atoms with E-state index in [9.17, 15) is 0 Å². The van der Waals surface area contributed by atoms with E-state index in [0.717, 1.165) is 23.7 Å². The summed E-state index contributed by atoms with van der Waals surface area (Å²) in [7, 11) is 0. The summed E-state index contributed by atoms with van der Waals surface area (Å²) in [4.78, 5) is 4.52. The van der Waals surface area contributed by atoms with Gasteiger partial charge in [-0.15, -0.1) is 10.2 Å². The molecule has 5 rings (SSSR count). The molecule has 0 unspecified atom stereocenters. The molecule has 2 heterocycles. The summed E-state index contributed by atoms with van der Waals surface area (Å²) in [6.07, 6.45) is 10.1. The number of anilines is 1. The summed E-state index contributed by atoms with van der Waals surface area (Å²) in [5, 5.41) is 12.5. The van der Waals surface area contributed by atoms with Gasteiger partial charge in [-0.3, -0.25) is 4.40 Å². The van der Waals surface area contributed by atoms with Gasteiger partial charge in [-0.1, -0.05) is 43.2 Å². The van der Waals surface area contributed by atoms with Gasteiger partial charge in [-0.25, -0.2) is 4.98 Å². The van der Waals surface area contributed by atoms with E-state index in [2.05, 4.69) is 55.2 Å². The van der Waals surface area contributed by atoms with Gasteiger partial charge in [-0.2, -0.15) is 0 Å². The first-order chi connectivity index (χ1) is 11.9. The summed E-state index contributed by atoms with van der Waals surface area (Å²) in [6.45, 7) is 0. The Hall–Kier alpha value is -2.43. The Morgan fingerprint density at radius 3 is 2.71 bits per heavy atom. The van der Waals surface area contributed by atoms with Gasteiger partial charge in [-0.05, 0) is 24.8 Å². The molecule has 5 heteroatoms. The number of fused-ring (bicyclic) bond motifs is 1. The van der Waals surface area contributed by atoms with Crippen molar-refractivity contribution >= 4 is 11.5 Å². The van der Waals surface area contributed by atoms with E-state index in [1.807, 2.05) is 12.4 Å². The van der Waals surface area contributed by atoms with E-state index in [-0.39, 0.29) is 0 Å². The van der Waals surface area contributed by atoms with Crippen molar-refractivity contribution in [3.8, 4) is 0 Å². The number of aromatic nitrogens is 4. The molecule has 24 heavy (non-hydrogen) atoms. The van der Waals surface area contributed by atoms with Crippen LogP contribution in [0.25, 0.3) is 5.65 Å². The standard InChI is InChI=1S/C19H21N5/c1-2-6-13(7-3-1)15-12-16(15)21-17-19-23-22-18(14-8-4-5-9-14)24(19)11-10-20-17/h1-3,6-7,10-11,14-16H,4-5,8-9,12H2,(H,20,21)/t15-,16+/m1/s1. The Kier molecular flexibility index (Phi) is 3.25. The van der Waals surface area contributed by atoms with Crippen molar-refractivity contribution < 1.29 is 0 Å². The first-order valence-electron chi connectivity index (χ1n) is 8.91. The van der Waals surface area contributed by atoms with Crippen molar-refractivity contribution in [2.45, 2.75) is 50.0 Å². The predicted molar refractivity (Wildman–Crippen MR) is 93.2 cm³/mol. The molecule has 5 nitrogen and oxygen atoms in total. The summed E-state index contributed by atoms with van der Waals surface area (Å²) in [5.74, 6) is 3.08. The van der Waals surface area contributed by atoms with Crippen molar-refractivity contribution in [3.05, 3.63) is 54.1 Å². The average Bonchev–Trinajstić information content (AvgIpc) is 3.01. The molecule has 0 amide bonds. The summed E-state index contributed by atoms with van der Waals surface area (Å²) in [6, 6.07) is 11.1. The van der Waals surface area contributed by atoms with Crippen LogP contribution in [0.4, 0.5) is 5.82 Å². The molecule has 0 bridgehead atoms. The highest BCUT2D eigenvalue weighted by atomic mass is 15.3. The molecular weight excluding hydrogens is 298 g/mol. The third-order valence-electron chi connectivity index (χ3n) is 5.41. The number of hydrogen-bond donors (Lipinski definition) is 1. The largest absolute Gasteiger partial charge is 0.364 e. The Morgan fingerprint density at radius 1 is 1.04 bits per heavy atom. The average molecular weight is 319 g/mol. The van der Waals surface area contributed by atoms with Crippen LogP contribution < -0.4 is 5.32 Å². The van der Waals surface area contributed by atoms with Gasteiger partial charge in [0.2, 0.25) is 5.65 Å². The van der Waals surface area contributed by atoms with Crippen LogP contribution in [-0.4, -0.2) is 25.6 Å². The minimum Gasteiger partial charge on any atom is -0.364 e. The van der Waals surface area contributed by atoms with Crippen molar-refractivity contribution in [2.75, 3.05) is 5.32 Å². The molecule has 2 atom stereocenters. The molecule has 1 aromatic carbocycles. The topological polar surface area (TPSA) is 55.1 Å². The highest BCUT2D eigenvalue weighted by molar-refractivity contribution is 5.63. The second kappa shape index (κ2) is 5.58. The van der Waals surface area contributed by atoms with Crippen molar-refractivity contribution in [1.82, 2.24) is 19.6 Å². The molecule has 2 saturated carbocycles. The Bertz CT molecular complexity index is 851. The smallest absolute Gasteiger partial charge is 0.203 e. The molecule has 1 N–H and O–H groups in total. The van der Waals surface area contributed by atoms with Crippen molar-refractivity contribution in [3.63, 3.8) is 0 Å². The summed E-state index contributed by atoms with van der Waals surface area (Å²) < 4.78 is 2.13. The maximum absolute atomic E-state index is 4.52. The summed E-state index contributed by atoms with van der Waals surface area (Å²) in [5.41, 5.74) is 2.26. The third kappa shape index (κ3) is 2.35. The predicted octanol–water partition coefficient (Wildman–Crippen LogP) is 3.75. The minimum absolute atomic E-state index is 0.442. The Balaban J connectivity index is 1.40. The number of benzene rings is 1. The molecule has 122 valence electrons. The number of nitrogens with one attached hydrogen (secondary N) is 1. The molecule has 2 aliphatic carbocycles. The van der Waals surface area contributed by atoms with Crippen LogP contribution in [0.2, 0.25) is 0 Å². The lowest BCUT2D eigenvalue weighted by Crippen LogP contribution is -2.08. The van der Waals surface area contributed by atoms with Crippen LogP contribution in [0.5, 0.6) is 0 Å². The molecule has 2 fully saturated rings. The zero-order valence-electron chi connectivity index (χ0n) is 13.6. The van der Waals surface area contributed by atoms with E-state index in [1.165, 1.54) is 31.2 Å². The van der Waals surface area contributed by atoms with Crippen LogP contribution in [0.1, 0.15) is 55.3 Å². The maximum atomic E-state index is 4.52.